The van der Waals surface area contributed by atoms with Crippen LogP contribution in [0.4, 0.5) is 0 Å². The van der Waals surface area contributed by atoms with E-state index in [-0.39, 0.29) is 35.8 Å². The Morgan fingerprint density at radius 1 is 1.00 bits per heavy atom. The van der Waals surface area contributed by atoms with E-state index in [0.717, 1.165) is 0 Å². The molecule has 0 spiro atoms. The summed E-state index contributed by atoms with van der Waals surface area (Å²) in [5.41, 5.74) is 0.542. The normalized spacial score (nSPS) is 21.8. The predicted octanol–water partition coefficient (Wildman–Crippen LogP) is 1.52. The third kappa shape index (κ3) is 2.20. The Labute approximate surface area is 160 Å². The standard InChI is InChI=1S/C20H19N5O3/c1-2-23-19(28)14-9-5-6-10-15(14)25-16(21-22-20(23)25)11-24-17(26)12-7-3-4-8-13(12)18(24)27/h3-6,9-10,12-13H,2,7-8,11H2,1H3. The van der Waals surface area contributed by atoms with Gasteiger partial charge in [-0.15, -0.1) is 10.2 Å². The van der Waals surface area contributed by atoms with Gasteiger partial charge in [-0.2, -0.15) is 0 Å². The average Bonchev–Trinajstić information content (AvgIpc) is 3.24. The number of para-hydroxylation sites is 1. The van der Waals surface area contributed by atoms with Gasteiger partial charge in [-0.25, -0.2) is 0 Å². The number of hydrogen-bond donors (Lipinski definition) is 0. The molecule has 1 fully saturated rings. The number of carbonyl (C=O) groups excluding carboxylic acids is 2. The molecule has 2 amide bonds. The molecule has 1 aromatic carbocycles. The monoisotopic (exact) mass is 377 g/mol. The van der Waals surface area contributed by atoms with E-state index in [1.807, 2.05) is 37.3 Å². The highest BCUT2D eigenvalue weighted by molar-refractivity contribution is 6.05. The third-order valence-corrected chi connectivity index (χ3v) is 5.79. The van der Waals surface area contributed by atoms with E-state index in [9.17, 15) is 14.4 Å². The van der Waals surface area contributed by atoms with Crippen LogP contribution in [-0.4, -0.2) is 35.9 Å². The lowest BCUT2D eigenvalue weighted by atomic mass is 9.85. The smallest absolute Gasteiger partial charge is 0.262 e. The van der Waals surface area contributed by atoms with Crippen molar-refractivity contribution in [2.24, 2.45) is 11.8 Å². The lowest BCUT2D eigenvalue weighted by Gasteiger charge is -2.14. The number of likely N-dealkylation sites (tertiary alicyclic amines) is 1. The molecule has 0 radical (unpaired) electrons. The second kappa shape index (κ2) is 6.12. The lowest BCUT2D eigenvalue weighted by Crippen LogP contribution is -2.31. The first-order chi connectivity index (χ1) is 13.6. The van der Waals surface area contributed by atoms with Gasteiger partial charge >= 0.3 is 0 Å². The highest BCUT2D eigenvalue weighted by Gasteiger charge is 2.47. The van der Waals surface area contributed by atoms with Crippen molar-refractivity contribution < 1.29 is 9.59 Å². The molecule has 8 heteroatoms. The summed E-state index contributed by atoms with van der Waals surface area (Å²) in [4.78, 5) is 39.7. The van der Waals surface area contributed by atoms with Crippen molar-refractivity contribution in [3.63, 3.8) is 0 Å². The summed E-state index contributed by atoms with van der Waals surface area (Å²) in [6, 6.07) is 7.24. The number of rotatable bonds is 3. The van der Waals surface area contributed by atoms with Gasteiger partial charge in [0.25, 0.3) is 5.56 Å². The SMILES string of the molecule is CCn1c(=O)c2ccccc2n2c(CN3C(=O)C4CC=CCC4C3=O)nnc12. The molecule has 0 bridgehead atoms. The first-order valence-corrected chi connectivity index (χ1v) is 9.47. The number of nitrogens with zero attached hydrogens (tertiary/aromatic N) is 5. The van der Waals surface area contributed by atoms with E-state index in [4.69, 9.17) is 0 Å². The number of carbonyl (C=O) groups is 2. The van der Waals surface area contributed by atoms with Gasteiger partial charge in [0.2, 0.25) is 17.6 Å². The fourth-order valence-corrected chi connectivity index (χ4v) is 4.37. The predicted molar refractivity (Wildman–Crippen MR) is 101 cm³/mol. The Hall–Kier alpha value is -3.29. The van der Waals surface area contributed by atoms with Gasteiger partial charge in [0.1, 0.15) is 0 Å². The fourth-order valence-electron chi connectivity index (χ4n) is 4.37. The van der Waals surface area contributed by atoms with Crippen LogP contribution in [0, 0.1) is 11.8 Å². The summed E-state index contributed by atoms with van der Waals surface area (Å²) in [5.74, 6) is 0.0408. The van der Waals surface area contributed by atoms with Gasteiger partial charge in [-0.1, -0.05) is 24.3 Å². The first kappa shape index (κ1) is 16.9. The van der Waals surface area contributed by atoms with Crippen LogP contribution in [0.15, 0.2) is 41.2 Å². The zero-order chi connectivity index (χ0) is 19.4. The maximum atomic E-state index is 12.8. The minimum absolute atomic E-state index is 0.0533. The molecule has 0 saturated carbocycles. The lowest BCUT2D eigenvalue weighted by molar-refractivity contribution is -0.140. The van der Waals surface area contributed by atoms with Crippen LogP contribution < -0.4 is 5.56 Å². The molecule has 1 saturated heterocycles. The largest absolute Gasteiger partial charge is 0.277 e. The summed E-state index contributed by atoms with van der Waals surface area (Å²) in [6.07, 6.45) is 5.14. The zero-order valence-electron chi connectivity index (χ0n) is 15.4. The number of imide groups is 1. The number of benzene rings is 1. The van der Waals surface area contributed by atoms with E-state index in [2.05, 4.69) is 10.2 Å². The minimum Gasteiger partial charge on any atom is -0.277 e. The van der Waals surface area contributed by atoms with Crippen LogP contribution in [0.5, 0.6) is 0 Å². The van der Waals surface area contributed by atoms with E-state index in [0.29, 0.717) is 41.9 Å². The molecule has 2 aromatic heterocycles. The fraction of sp³-hybridized carbons (Fsp3) is 0.350. The number of aromatic nitrogens is 4. The van der Waals surface area contributed by atoms with Crippen LogP contribution in [-0.2, 0) is 22.7 Å². The Morgan fingerprint density at radius 3 is 2.36 bits per heavy atom. The molecule has 1 aliphatic heterocycles. The zero-order valence-corrected chi connectivity index (χ0v) is 15.4. The summed E-state index contributed by atoms with van der Waals surface area (Å²) >= 11 is 0. The summed E-state index contributed by atoms with van der Waals surface area (Å²) in [7, 11) is 0. The number of hydrogen-bond acceptors (Lipinski definition) is 5. The molecule has 3 heterocycles. The van der Waals surface area contributed by atoms with Crippen LogP contribution in [0.1, 0.15) is 25.6 Å². The van der Waals surface area contributed by atoms with Gasteiger partial charge in [-0.3, -0.25) is 28.3 Å². The number of fused-ring (bicyclic) bond motifs is 4. The molecular weight excluding hydrogens is 358 g/mol. The van der Waals surface area contributed by atoms with Crippen LogP contribution in [0.3, 0.4) is 0 Å². The van der Waals surface area contributed by atoms with Crippen molar-refractivity contribution in [1.82, 2.24) is 24.1 Å². The average molecular weight is 377 g/mol. The van der Waals surface area contributed by atoms with Crippen LogP contribution in [0.2, 0.25) is 0 Å². The molecular formula is C20H19N5O3. The highest BCUT2D eigenvalue weighted by Crippen LogP contribution is 2.35. The Bertz CT molecular complexity index is 1200. The summed E-state index contributed by atoms with van der Waals surface area (Å²) in [5, 5.41) is 8.98. The molecule has 142 valence electrons. The van der Waals surface area contributed by atoms with Crippen molar-refractivity contribution in [2.75, 3.05) is 0 Å². The van der Waals surface area contributed by atoms with Crippen LogP contribution >= 0.6 is 0 Å². The van der Waals surface area contributed by atoms with Crippen molar-refractivity contribution in [3.05, 3.63) is 52.6 Å². The molecule has 2 aliphatic rings. The second-order valence-electron chi connectivity index (χ2n) is 7.24. The third-order valence-electron chi connectivity index (χ3n) is 5.79. The van der Waals surface area contributed by atoms with E-state index in [1.165, 1.54) is 4.90 Å². The summed E-state index contributed by atoms with van der Waals surface area (Å²) < 4.78 is 3.33. The molecule has 1 aliphatic carbocycles. The van der Waals surface area contributed by atoms with Gasteiger partial charge < -0.3 is 0 Å². The molecule has 5 rings (SSSR count). The van der Waals surface area contributed by atoms with Crippen molar-refractivity contribution in [3.8, 4) is 0 Å². The minimum atomic E-state index is -0.276. The van der Waals surface area contributed by atoms with Gasteiger partial charge in [0.15, 0.2) is 5.82 Å². The highest BCUT2D eigenvalue weighted by atomic mass is 16.2. The molecule has 3 aromatic rings. The molecule has 0 N–H and O–H groups in total. The Balaban J connectivity index is 1.65. The van der Waals surface area contributed by atoms with Crippen molar-refractivity contribution >= 4 is 28.5 Å². The second-order valence-corrected chi connectivity index (χ2v) is 7.24. The maximum absolute atomic E-state index is 12.8. The van der Waals surface area contributed by atoms with Gasteiger partial charge in [0.05, 0.1) is 29.3 Å². The Kier molecular flexibility index (Phi) is 3.68. The Morgan fingerprint density at radius 2 is 1.68 bits per heavy atom. The number of aryl methyl sites for hydroxylation is 1. The van der Waals surface area contributed by atoms with Crippen LogP contribution in [0.25, 0.3) is 16.7 Å². The molecule has 2 atom stereocenters. The van der Waals surface area contributed by atoms with Crippen molar-refractivity contribution in [1.29, 1.82) is 0 Å². The molecule has 8 nitrogen and oxygen atoms in total. The van der Waals surface area contributed by atoms with E-state index in [1.54, 1.807) is 15.0 Å². The van der Waals surface area contributed by atoms with E-state index < -0.39 is 0 Å². The number of allylic oxidation sites excluding steroid dienone is 2. The van der Waals surface area contributed by atoms with Gasteiger partial charge in [0, 0.05) is 6.54 Å². The number of amides is 2. The quantitative estimate of drug-likeness (QED) is 0.510. The first-order valence-electron chi connectivity index (χ1n) is 9.47. The van der Waals surface area contributed by atoms with E-state index >= 15 is 0 Å². The van der Waals surface area contributed by atoms with Gasteiger partial charge in [-0.05, 0) is 31.9 Å². The molecule has 2 unspecified atom stereocenters. The van der Waals surface area contributed by atoms with Crippen molar-refractivity contribution in [2.45, 2.75) is 32.9 Å². The topological polar surface area (TPSA) is 89.6 Å². The molecule has 28 heavy (non-hydrogen) atoms. The maximum Gasteiger partial charge on any atom is 0.262 e. The summed E-state index contributed by atoms with van der Waals surface area (Å²) in [6.45, 7) is 2.37.